The van der Waals surface area contributed by atoms with E-state index < -0.39 is 62.6 Å². The Kier molecular flexibility index (Phi) is 7.37. The highest BCUT2D eigenvalue weighted by Gasteiger charge is 2.88. The molecule has 0 rings (SSSR count). The molecule has 0 N–H and O–H groups in total. The van der Waals surface area contributed by atoms with Crippen LogP contribution in [0.2, 0.25) is 0 Å². The predicted octanol–water partition coefficient (Wildman–Crippen LogP) is 8.49. The van der Waals surface area contributed by atoms with Gasteiger partial charge in [0.25, 0.3) is 0 Å². The van der Waals surface area contributed by atoms with Crippen LogP contribution in [0, 0.1) is 0 Å². The monoisotopic (exact) mass is 538 g/mol. The molecule has 0 unspecified atom stereocenters. The van der Waals surface area contributed by atoms with Gasteiger partial charge >= 0.3 is 47.4 Å². The number of rotatable bonds is 5. The number of hydrogen-bond donors (Lipinski definition) is 0. The average Bonchev–Trinajstić information content (AvgIpc) is 2.38. The summed E-state index contributed by atoms with van der Waals surface area (Å²) in [4.78, 5) is 0. The molecule has 0 saturated carbocycles. The van der Waals surface area contributed by atoms with Crippen molar-refractivity contribution in [1.29, 1.82) is 0 Å². The van der Waals surface area contributed by atoms with Gasteiger partial charge in [0.05, 0.1) is 0 Å². The molecule has 0 aromatic heterocycles. The van der Waals surface area contributed by atoms with Gasteiger partial charge in [-0.3, -0.25) is 0 Å². The van der Waals surface area contributed by atoms with Crippen LogP contribution in [0.4, 0.5) is 87.8 Å². The van der Waals surface area contributed by atoms with Gasteiger partial charge < -0.3 is 0 Å². The lowest BCUT2D eigenvalue weighted by Crippen LogP contribution is -2.51. The van der Waals surface area contributed by atoms with Crippen molar-refractivity contribution in [3.05, 3.63) is 0 Å². The molecule has 0 aromatic rings. The first kappa shape index (κ1) is 29.5. The van der Waals surface area contributed by atoms with E-state index in [1.165, 1.54) is 0 Å². The molecular formula is C8F20P2. The van der Waals surface area contributed by atoms with Gasteiger partial charge in [-0.25, -0.2) is 0 Å². The second-order valence-electron chi connectivity index (χ2n) is 4.78. The lowest BCUT2D eigenvalue weighted by molar-refractivity contribution is -0.267. The molecule has 30 heavy (non-hydrogen) atoms. The van der Waals surface area contributed by atoms with Crippen LogP contribution in [-0.2, 0) is 0 Å². The highest BCUT2D eigenvalue weighted by molar-refractivity contribution is 8.31. The first-order valence-electron chi connectivity index (χ1n) is 5.87. The smallest absolute Gasteiger partial charge is 0.191 e. The van der Waals surface area contributed by atoms with Gasteiger partial charge in [0.15, 0.2) is 0 Å². The molecular weight excluding hydrogens is 538 g/mol. The standard InChI is InChI=1S/C8F20P2/c9-1(10,11)5(21,22)29(6(23,24)2(12,13)14)30(7(25,26)3(15,16)17)8(27,28)4(18,19)20. The van der Waals surface area contributed by atoms with E-state index in [4.69, 9.17) is 0 Å². The number of hydrogen-bond acceptors (Lipinski definition) is 0. The molecule has 0 radical (unpaired) electrons. The Labute approximate surface area is 151 Å². The lowest BCUT2D eigenvalue weighted by atomic mass is 10.7. The molecule has 0 atom stereocenters. The summed E-state index contributed by atoms with van der Waals surface area (Å²) in [5.41, 5.74) is -32.7. The molecule has 0 aliphatic rings. The van der Waals surface area contributed by atoms with Gasteiger partial charge in [-0.05, 0) is 0 Å². The van der Waals surface area contributed by atoms with Gasteiger partial charge in [-0.15, -0.1) is 0 Å². The topological polar surface area (TPSA) is 0 Å². The van der Waals surface area contributed by atoms with Crippen molar-refractivity contribution in [3.63, 3.8) is 0 Å². The van der Waals surface area contributed by atoms with Crippen LogP contribution in [0.1, 0.15) is 0 Å². The molecule has 0 fully saturated rings. The van der Waals surface area contributed by atoms with Crippen molar-refractivity contribution < 1.29 is 87.8 Å². The van der Waals surface area contributed by atoms with Crippen molar-refractivity contribution in [1.82, 2.24) is 0 Å². The zero-order valence-corrected chi connectivity index (χ0v) is 14.2. The summed E-state index contributed by atoms with van der Waals surface area (Å²) in [5.74, 6) is 0. The van der Waals surface area contributed by atoms with Gasteiger partial charge in [0.2, 0.25) is 0 Å². The van der Waals surface area contributed by atoms with E-state index in [1.54, 1.807) is 0 Å². The minimum Gasteiger partial charge on any atom is -0.191 e. The molecule has 0 nitrogen and oxygen atoms in total. The van der Waals surface area contributed by atoms with E-state index in [-0.39, 0.29) is 0 Å². The van der Waals surface area contributed by atoms with E-state index in [2.05, 4.69) is 0 Å². The highest BCUT2D eigenvalue weighted by atomic mass is 32.1. The van der Waals surface area contributed by atoms with E-state index in [1.807, 2.05) is 0 Å². The summed E-state index contributed by atoms with van der Waals surface area (Å²) in [5, 5.41) is 0. The molecule has 0 aromatic carbocycles. The SMILES string of the molecule is FC(F)(F)C(F)(F)P(P(C(F)(F)C(F)(F)F)C(F)(F)C(F)(F)F)C(F)(F)C(F)(F)F. The van der Waals surface area contributed by atoms with E-state index in [0.29, 0.717) is 0 Å². The first-order valence-corrected chi connectivity index (χ1v) is 9.26. The first-order chi connectivity index (χ1) is 12.5. The predicted molar refractivity (Wildman–Crippen MR) is 57.8 cm³/mol. The van der Waals surface area contributed by atoms with E-state index in [0.717, 1.165) is 0 Å². The third kappa shape index (κ3) is 4.77. The van der Waals surface area contributed by atoms with Gasteiger partial charge in [0.1, 0.15) is 15.2 Å². The third-order valence-corrected chi connectivity index (χ3v) is 10.4. The fourth-order valence-electron chi connectivity index (χ4n) is 1.34. The molecule has 22 heteroatoms. The fraction of sp³-hybridized carbons (Fsp3) is 1.00. The van der Waals surface area contributed by atoms with Crippen LogP contribution in [0.3, 0.4) is 0 Å². The van der Waals surface area contributed by atoms with Crippen LogP contribution in [0.15, 0.2) is 0 Å². The number of halogens is 20. The summed E-state index contributed by atoms with van der Waals surface area (Å²) >= 11 is 0. The van der Waals surface area contributed by atoms with Crippen LogP contribution in [-0.4, -0.2) is 47.4 Å². The Balaban J connectivity index is 7.62. The molecule has 0 amide bonds. The van der Waals surface area contributed by atoms with Crippen LogP contribution in [0.5, 0.6) is 0 Å². The van der Waals surface area contributed by atoms with Crippen molar-refractivity contribution in [3.8, 4) is 0 Å². The zero-order valence-electron chi connectivity index (χ0n) is 12.5. The summed E-state index contributed by atoms with van der Waals surface area (Å²) in [6.45, 7) is 0. The second kappa shape index (κ2) is 7.51. The van der Waals surface area contributed by atoms with Gasteiger partial charge in [0, 0.05) is 0 Å². The summed E-state index contributed by atoms with van der Waals surface area (Å²) < 4.78 is 253. The fourth-order valence-corrected chi connectivity index (χ4v) is 8.38. The van der Waals surface area contributed by atoms with E-state index >= 15 is 0 Å². The largest absolute Gasteiger partial charge is 0.458 e. The maximum absolute atomic E-state index is 13.2. The zero-order chi connectivity index (χ0) is 25.2. The van der Waals surface area contributed by atoms with Crippen LogP contribution < -0.4 is 0 Å². The van der Waals surface area contributed by atoms with Gasteiger partial charge in [-0.2, -0.15) is 87.8 Å². The maximum atomic E-state index is 13.2. The summed E-state index contributed by atoms with van der Waals surface area (Å²) in [6.07, 6.45) is -31.8. The Morgan fingerprint density at radius 3 is 0.400 bits per heavy atom. The van der Waals surface area contributed by atoms with Crippen molar-refractivity contribution in [2.75, 3.05) is 0 Å². The molecule has 0 bridgehead atoms. The average molecular weight is 538 g/mol. The highest BCUT2D eigenvalue weighted by Crippen LogP contribution is 2.96. The van der Waals surface area contributed by atoms with Crippen LogP contribution in [0.25, 0.3) is 0 Å². The maximum Gasteiger partial charge on any atom is 0.458 e. The Bertz CT molecular complexity index is 496. The van der Waals surface area contributed by atoms with Gasteiger partial charge in [-0.1, -0.05) is 0 Å². The molecule has 0 heterocycles. The molecule has 182 valence electrons. The summed E-state index contributed by atoms with van der Waals surface area (Å²) in [6, 6.07) is 0. The minimum absolute atomic E-state index is 7.96. The van der Waals surface area contributed by atoms with Crippen molar-refractivity contribution >= 4 is 15.2 Å². The minimum atomic E-state index is -8.18. The molecule has 0 spiro atoms. The molecule has 0 aliphatic heterocycles. The Morgan fingerprint density at radius 2 is 0.333 bits per heavy atom. The lowest BCUT2D eigenvalue weighted by Gasteiger charge is -2.44. The van der Waals surface area contributed by atoms with Crippen molar-refractivity contribution in [2.24, 2.45) is 0 Å². The summed E-state index contributed by atoms with van der Waals surface area (Å²) in [7, 11) is -16.4. The molecule has 0 aliphatic carbocycles. The second-order valence-corrected chi connectivity index (χ2v) is 10.7. The molecule has 0 saturated heterocycles. The van der Waals surface area contributed by atoms with E-state index in [9.17, 15) is 87.8 Å². The quantitative estimate of drug-likeness (QED) is 0.244. The Morgan fingerprint density at radius 1 is 0.233 bits per heavy atom. The number of alkyl halides is 20. The van der Waals surface area contributed by atoms with Crippen molar-refractivity contribution in [2.45, 2.75) is 47.4 Å². The third-order valence-electron chi connectivity index (χ3n) is 2.63. The normalized spacial score (nSPS) is 16.6. The van der Waals surface area contributed by atoms with Crippen LogP contribution >= 0.6 is 15.2 Å². The Hall–Kier alpha value is -0.540.